The molecule has 0 spiro atoms. The van der Waals surface area contributed by atoms with Crippen molar-refractivity contribution in [1.82, 2.24) is 14.5 Å². The van der Waals surface area contributed by atoms with Crippen LogP contribution in [0.1, 0.15) is 31.2 Å². The minimum atomic E-state index is -0.0376. The van der Waals surface area contributed by atoms with Crippen LogP contribution < -0.4 is 10.3 Å². The maximum atomic E-state index is 12.9. The molecule has 5 nitrogen and oxygen atoms in total. The molecule has 0 amide bonds. The van der Waals surface area contributed by atoms with E-state index in [0.29, 0.717) is 16.8 Å². The second kappa shape index (κ2) is 6.97. The Balaban J connectivity index is 1.41. The Morgan fingerprint density at radius 3 is 2.68 bits per heavy atom. The number of benzene rings is 1. The number of hydrogen-bond acceptors (Lipinski definition) is 5. The van der Waals surface area contributed by atoms with Crippen molar-refractivity contribution < 1.29 is 4.74 Å². The van der Waals surface area contributed by atoms with Crippen molar-refractivity contribution >= 4 is 37.5 Å². The van der Waals surface area contributed by atoms with Crippen molar-refractivity contribution in [1.29, 1.82) is 0 Å². The molecule has 146 valence electrons. The first-order valence-electron chi connectivity index (χ1n) is 9.66. The molecule has 0 saturated carbocycles. The van der Waals surface area contributed by atoms with Gasteiger partial charge in [-0.2, -0.15) is 0 Å². The van der Waals surface area contributed by atoms with Crippen molar-refractivity contribution in [2.24, 2.45) is 0 Å². The summed E-state index contributed by atoms with van der Waals surface area (Å²) in [4.78, 5) is 19.8. The van der Waals surface area contributed by atoms with Gasteiger partial charge in [-0.3, -0.25) is 9.36 Å². The van der Waals surface area contributed by atoms with E-state index in [4.69, 9.17) is 4.74 Å². The molecule has 4 heterocycles. The van der Waals surface area contributed by atoms with Gasteiger partial charge in [-0.05, 0) is 85.4 Å². The van der Waals surface area contributed by atoms with Crippen LogP contribution in [0.4, 0.5) is 0 Å². The van der Waals surface area contributed by atoms with Gasteiger partial charge < -0.3 is 9.64 Å². The number of piperidine rings is 1. The summed E-state index contributed by atoms with van der Waals surface area (Å²) in [5.74, 6) is 0.885. The van der Waals surface area contributed by atoms with E-state index < -0.39 is 0 Å². The number of aryl methyl sites for hydroxylation is 1. The lowest BCUT2D eigenvalue weighted by Gasteiger charge is -2.36. The number of rotatable bonds is 3. The van der Waals surface area contributed by atoms with Gasteiger partial charge in [-0.15, -0.1) is 11.3 Å². The molecule has 3 atom stereocenters. The normalized spacial score (nSPS) is 24.8. The average molecular weight is 460 g/mol. The molecule has 0 N–H and O–H groups in total. The van der Waals surface area contributed by atoms with Crippen LogP contribution >= 0.6 is 27.3 Å². The number of aromatic nitrogens is 2. The Labute approximate surface area is 176 Å². The summed E-state index contributed by atoms with van der Waals surface area (Å²) in [7, 11) is 2.24. The van der Waals surface area contributed by atoms with Crippen LogP contribution in [0.5, 0.6) is 5.75 Å². The van der Waals surface area contributed by atoms with Crippen LogP contribution in [0.25, 0.3) is 15.9 Å². The molecule has 5 rings (SSSR count). The molecule has 1 unspecified atom stereocenters. The molecule has 2 aliphatic rings. The van der Waals surface area contributed by atoms with Gasteiger partial charge in [-0.25, -0.2) is 4.98 Å². The molecule has 2 bridgehead atoms. The largest absolute Gasteiger partial charge is 0.490 e. The van der Waals surface area contributed by atoms with E-state index in [1.54, 1.807) is 10.9 Å². The first kappa shape index (κ1) is 18.3. The zero-order valence-electron chi connectivity index (χ0n) is 15.9. The zero-order chi connectivity index (χ0) is 19.4. The number of halogens is 1. The molecule has 2 saturated heterocycles. The Bertz CT molecular complexity index is 1090. The van der Waals surface area contributed by atoms with E-state index in [9.17, 15) is 4.79 Å². The van der Waals surface area contributed by atoms with Crippen LogP contribution in [0.15, 0.2) is 39.2 Å². The molecule has 1 aromatic carbocycles. The van der Waals surface area contributed by atoms with Gasteiger partial charge >= 0.3 is 0 Å². The molecule has 3 aromatic rings. The summed E-state index contributed by atoms with van der Waals surface area (Å²) in [5, 5.41) is 0. The van der Waals surface area contributed by atoms with Crippen LogP contribution in [0.3, 0.4) is 0 Å². The first-order valence-corrected chi connectivity index (χ1v) is 11.3. The predicted molar refractivity (Wildman–Crippen MR) is 116 cm³/mol. The maximum Gasteiger partial charge on any atom is 0.275 e. The molecule has 2 fully saturated rings. The third-order valence-electron chi connectivity index (χ3n) is 6.19. The number of ether oxygens (including phenoxy) is 1. The summed E-state index contributed by atoms with van der Waals surface area (Å²) in [5.41, 5.74) is 2.55. The van der Waals surface area contributed by atoms with Gasteiger partial charge in [-0.1, -0.05) is 0 Å². The van der Waals surface area contributed by atoms with Gasteiger partial charge in [0.25, 0.3) is 5.56 Å². The zero-order valence-corrected chi connectivity index (χ0v) is 18.3. The number of nitrogens with zero attached hydrogens (tertiary/aromatic N) is 3. The predicted octanol–water partition coefficient (Wildman–Crippen LogP) is 4.52. The minimum absolute atomic E-state index is 0.0376. The lowest BCUT2D eigenvalue weighted by atomic mass is 10.0. The summed E-state index contributed by atoms with van der Waals surface area (Å²) in [6.45, 7) is 2.02. The molecule has 28 heavy (non-hydrogen) atoms. The van der Waals surface area contributed by atoms with E-state index in [-0.39, 0.29) is 11.7 Å². The third-order valence-corrected chi connectivity index (χ3v) is 7.81. The summed E-state index contributed by atoms with van der Waals surface area (Å²) < 4.78 is 9.53. The summed E-state index contributed by atoms with van der Waals surface area (Å²) >= 11 is 4.86. The van der Waals surface area contributed by atoms with Gasteiger partial charge in [0.2, 0.25) is 0 Å². The van der Waals surface area contributed by atoms with Crippen LogP contribution in [0.2, 0.25) is 0 Å². The topological polar surface area (TPSA) is 47.4 Å². The molecule has 0 radical (unpaired) electrons. The quantitative estimate of drug-likeness (QED) is 0.577. The van der Waals surface area contributed by atoms with E-state index in [1.807, 2.05) is 31.2 Å². The van der Waals surface area contributed by atoms with Gasteiger partial charge in [0, 0.05) is 12.1 Å². The first-order chi connectivity index (χ1) is 13.5. The highest BCUT2D eigenvalue weighted by Crippen LogP contribution is 2.36. The summed E-state index contributed by atoms with van der Waals surface area (Å²) in [6, 6.07) is 9.17. The number of fused-ring (bicyclic) bond motifs is 3. The fourth-order valence-electron chi connectivity index (χ4n) is 4.68. The Kier molecular flexibility index (Phi) is 4.56. The lowest BCUT2D eigenvalue weighted by molar-refractivity contribution is 0.0661. The minimum Gasteiger partial charge on any atom is -0.490 e. The van der Waals surface area contributed by atoms with Crippen molar-refractivity contribution in [3.05, 3.63) is 50.3 Å². The Hall–Kier alpha value is -1.70. The van der Waals surface area contributed by atoms with E-state index in [2.05, 4.69) is 32.9 Å². The Morgan fingerprint density at radius 2 is 1.96 bits per heavy atom. The van der Waals surface area contributed by atoms with E-state index in [1.165, 1.54) is 24.2 Å². The van der Waals surface area contributed by atoms with Crippen molar-refractivity contribution in [2.75, 3.05) is 7.05 Å². The van der Waals surface area contributed by atoms with Gasteiger partial charge in [0.05, 0.1) is 15.0 Å². The van der Waals surface area contributed by atoms with Crippen LogP contribution in [-0.4, -0.2) is 39.7 Å². The maximum absolute atomic E-state index is 12.9. The average Bonchev–Trinajstić information content (AvgIpc) is 3.12. The fraction of sp³-hybridized carbons (Fsp3) is 0.429. The van der Waals surface area contributed by atoms with Crippen LogP contribution in [-0.2, 0) is 0 Å². The van der Waals surface area contributed by atoms with Crippen molar-refractivity contribution in [2.45, 2.75) is 50.8 Å². The van der Waals surface area contributed by atoms with E-state index in [0.717, 1.165) is 39.1 Å². The van der Waals surface area contributed by atoms with Gasteiger partial charge in [0.1, 0.15) is 22.9 Å². The van der Waals surface area contributed by atoms with E-state index >= 15 is 0 Å². The Morgan fingerprint density at radius 1 is 1.21 bits per heavy atom. The fourth-order valence-corrected chi connectivity index (χ4v) is 6.15. The summed E-state index contributed by atoms with van der Waals surface area (Å²) in [6.07, 6.45) is 6.67. The standard InChI is InChI=1S/C21H22BrN3O2S/c1-12-7-15(27-16-8-13-3-4-14(9-16)24(13)2)5-6-18(12)25-11-23-17-10-19(22)28-20(17)21(25)26/h5-7,10-11,13-14,16H,3-4,8-9H2,1-2H3/t13-,14+,16?. The highest BCUT2D eigenvalue weighted by Gasteiger charge is 2.39. The molecule has 0 aliphatic carbocycles. The molecular formula is C21H22BrN3O2S. The lowest BCUT2D eigenvalue weighted by Crippen LogP contribution is -2.43. The van der Waals surface area contributed by atoms with Gasteiger partial charge in [0.15, 0.2) is 0 Å². The molecule has 2 aliphatic heterocycles. The number of hydrogen-bond donors (Lipinski definition) is 0. The van der Waals surface area contributed by atoms with Crippen molar-refractivity contribution in [3.8, 4) is 11.4 Å². The SMILES string of the molecule is Cc1cc(OC2C[C@H]3CC[C@@H](C2)N3C)ccc1-n1cnc2cc(Br)sc2c1=O. The molecule has 2 aromatic heterocycles. The molecule has 7 heteroatoms. The third kappa shape index (κ3) is 3.09. The second-order valence-corrected chi connectivity index (χ2v) is 10.3. The second-order valence-electron chi connectivity index (χ2n) is 7.89. The monoisotopic (exact) mass is 459 g/mol. The highest BCUT2D eigenvalue weighted by molar-refractivity contribution is 9.11. The smallest absolute Gasteiger partial charge is 0.275 e. The molecular weight excluding hydrogens is 438 g/mol. The van der Waals surface area contributed by atoms with Crippen LogP contribution in [0, 0.1) is 6.92 Å². The number of thiophene rings is 1. The van der Waals surface area contributed by atoms with Crippen molar-refractivity contribution in [3.63, 3.8) is 0 Å². The highest BCUT2D eigenvalue weighted by atomic mass is 79.9.